The van der Waals surface area contributed by atoms with Crippen LogP contribution in [0.15, 0.2) is 24.5 Å². The fraction of sp³-hybridized carbons (Fsp3) is 0.412. The molecular formula is C17H17F3N6O2. The molecule has 1 aliphatic heterocycles. The van der Waals surface area contributed by atoms with E-state index < -0.39 is 6.36 Å². The Bertz CT molecular complexity index is 983. The van der Waals surface area contributed by atoms with E-state index in [4.69, 9.17) is 0 Å². The van der Waals surface area contributed by atoms with E-state index in [1.165, 1.54) is 18.5 Å². The summed E-state index contributed by atoms with van der Waals surface area (Å²) in [6.45, 7) is 1.47. The molecule has 1 amide bonds. The lowest BCUT2D eigenvalue weighted by atomic mass is 10.0. The Morgan fingerprint density at radius 3 is 2.93 bits per heavy atom. The number of aromatic amines is 1. The third kappa shape index (κ3) is 3.92. The van der Waals surface area contributed by atoms with Crippen LogP contribution < -0.4 is 4.74 Å². The molecule has 28 heavy (non-hydrogen) atoms. The average Bonchev–Trinajstić information content (AvgIpc) is 3.27. The van der Waals surface area contributed by atoms with E-state index in [9.17, 15) is 18.0 Å². The Balaban J connectivity index is 1.46. The fourth-order valence-corrected chi connectivity index (χ4v) is 3.44. The van der Waals surface area contributed by atoms with Gasteiger partial charge in [-0.3, -0.25) is 4.79 Å². The van der Waals surface area contributed by atoms with Gasteiger partial charge in [-0.15, -0.1) is 18.3 Å². The normalized spacial score (nSPS) is 14.3. The molecule has 3 aromatic rings. The molecule has 0 saturated heterocycles. The van der Waals surface area contributed by atoms with Crippen LogP contribution in [0.1, 0.15) is 24.1 Å². The molecule has 0 fully saturated rings. The van der Waals surface area contributed by atoms with Crippen LogP contribution in [0.3, 0.4) is 0 Å². The number of carbonyl (C=O) groups excluding carboxylic acids is 1. The van der Waals surface area contributed by atoms with Crippen molar-refractivity contribution in [2.24, 2.45) is 0 Å². The Morgan fingerprint density at radius 2 is 2.18 bits per heavy atom. The first-order valence-corrected chi connectivity index (χ1v) is 8.77. The zero-order valence-electron chi connectivity index (χ0n) is 14.7. The van der Waals surface area contributed by atoms with E-state index >= 15 is 0 Å². The lowest BCUT2D eigenvalue weighted by molar-refractivity contribution is -0.274. The van der Waals surface area contributed by atoms with Crippen LogP contribution in [-0.2, 0) is 24.3 Å². The SMILES string of the molecule is O=C(CCCn1cnnn1)N1CCc2[nH]c3ccc(OC(F)(F)F)cc3c2C1. The third-order valence-electron chi connectivity index (χ3n) is 4.70. The Labute approximate surface area is 157 Å². The average molecular weight is 394 g/mol. The lowest BCUT2D eigenvalue weighted by Crippen LogP contribution is -2.35. The molecule has 1 N–H and O–H groups in total. The second kappa shape index (κ2) is 7.13. The maximum absolute atomic E-state index is 12.5. The van der Waals surface area contributed by atoms with Gasteiger partial charge in [0.05, 0.1) is 0 Å². The molecule has 4 rings (SSSR count). The quantitative estimate of drug-likeness (QED) is 0.718. The second-order valence-electron chi connectivity index (χ2n) is 6.58. The molecule has 2 aromatic heterocycles. The number of alkyl halides is 3. The zero-order chi connectivity index (χ0) is 19.7. The summed E-state index contributed by atoms with van der Waals surface area (Å²) in [7, 11) is 0. The highest BCUT2D eigenvalue weighted by atomic mass is 19.4. The summed E-state index contributed by atoms with van der Waals surface area (Å²) in [6, 6.07) is 4.20. The summed E-state index contributed by atoms with van der Waals surface area (Å²) in [5.41, 5.74) is 2.51. The molecule has 11 heteroatoms. The van der Waals surface area contributed by atoms with Crippen molar-refractivity contribution in [3.8, 4) is 5.75 Å². The van der Waals surface area contributed by atoms with Crippen LogP contribution in [-0.4, -0.2) is 48.9 Å². The van der Waals surface area contributed by atoms with Crippen LogP contribution >= 0.6 is 0 Å². The summed E-state index contributed by atoms with van der Waals surface area (Å²) in [5, 5.41) is 11.5. The number of benzene rings is 1. The van der Waals surface area contributed by atoms with Crippen LogP contribution in [0.2, 0.25) is 0 Å². The largest absolute Gasteiger partial charge is 0.573 e. The van der Waals surface area contributed by atoms with Crippen LogP contribution in [0, 0.1) is 0 Å². The third-order valence-corrected chi connectivity index (χ3v) is 4.70. The number of aryl methyl sites for hydroxylation is 1. The topological polar surface area (TPSA) is 88.9 Å². The number of hydrogen-bond donors (Lipinski definition) is 1. The highest BCUT2D eigenvalue weighted by Gasteiger charge is 2.31. The molecule has 148 valence electrons. The van der Waals surface area contributed by atoms with Crippen molar-refractivity contribution in [3.05, 3.63) is 35.8 Å². The minimum Gasteiger partial charge on any atom is -0.406 e. The van der Waals surface area contributed by atoms with Gasteiger partial charge in [0.2, 0.25) is 5.91 Å². The molecule has 0 aliphatic carbocycles. The number of ether oxygens (including phenoxy) is 1. The first-order chi connectivity index (χ1) is 13.4. The van der Waals surface area contributed by atoms with Crippen molar-refractivity contribution >= 4 is 16.8 Å². The number of carbonyl (C=O) groups is 1. The first-order valence-electron chi connectivity index (χ1n) is 8.77. The van der Waals surface area contributed by atoms with Gasteiger partial charge >= 0.3 is 6.36 Å². The van der Waals surface area contributed by atoms with Gasteiger partial charge in [-0.05, 0) is 35.0 Å². The number of nitrogens with one attached hydrogen (secondary N) is 1. The van der Waals surface area contributed by atoms with E-state index in [1.54, 1.807) is 15.6 Å². The van der Waals surface area contributed by atoms with Gasteiger partial charge in [-0.1, -0.05) is 0 Å². The number of halogens is 3. The van der Waals surface area contributed by atoms with E-state index in [1.807, 2.05) is 0 Å². The van der Waals surface area contributed by atoms with Crippen molar-refractivity contribution in [2.75, 3.05) is 6.54 Å². The Morgan fingerprint density at radius 1 is 1.32 bits per heavy atom. The number of rotatable bonds is 5. The molecule has 0 atom stereocenters. The van der Waals surface area contributed by atoms with Crippen molar-refractivity contribution < 1.29 is 22.7 Å². The van der Waals surface area contributed by atoms with Gasteiger partial charge in [0.1, 0.15) is 12.1 Å². The highest BCUT2D eigenvalue weighted by Crippen LogP contribution is 2.32. The molecule has 0 bridgehead atoms. The smallest absolute Gasteiger partial charge is 0.406 e. The molecule has 0 unspecified atom stereocenters. The number of H-pyrrole nitrogens is 1. The minimum atomic E-state index is -4.74. The number of amides is 1. The highest BCUT2D eigenvalue weighted by molar-refractivity contribution is 5.87. The molecule has 1 aromatic carbocycles. The number of hydrogen-bond acceptors (Lipinski definition) is 5. The fourth-order valence-electron chi connectivity index (χ4n) is 3.44. The maximum Gasteiger partial charge on any atom is 0.573 e. The summed E-state index contributed by atoms with van der Waals surface area (Å²) in [5.74, 6) is -0.275. The van der Waals surface area contributed by atoms with E-state index in [2.05, 4.69) is 25.2 Å². The van der Waals surface area contributed by atoms with Crippen LogP contribution in [0.4, 0.5) is 13.2 Å². The Kier molecular flexibility index (Phi) is 4.65. The number of aromatic nitrogens is 5. The van der Waals surface area contributed by atoms with Gasteiger partial charge in [0.15, 0.2) is 0 Å². The molecule has 1 aliphatic rings. The molecule has 0 radical (unpaired) electrons. The first kappa shape index (κ1) is 18.3. The number of tetrazole rings is 1. The molecule has 3 heterocycles. The molecule has 0 spiro atoms. The number of fused-ring (bicyclic) bond motifs is 3. The van der Waals surface area contributed by atoms with Crippen molar-refractivity contribution in [2.45, 2.75) is 38.7 Å². The van der Waals surface area contributed by atoms with Gasteiger partial charge in [-0.2, -0.15) is 0 Å². The van der Waals surface area contributed by atoms with Gasteiger partial charge in [0.25, 0.3) is 0 Å². The summed E-state index contributed by atoms with van der Waals surface area (Å²) >= 11 is 0. The number of nitrogens with zero attached hydrogens (tertiary/aromatic N) is 5. The van der Waals surface area contributed by atoms with E-state index in [0.717, 1.165) is 16.8 Å². The maximum atomic E-state index is 12.5. The molecule has 8 nitrogen and oxygen atoms in total. The predicted octanol–water partition coefficient (Wildman–Crippen LogP) is 2.42. The lowest BCUT2D eigenvalue weighted by Gasteiger charge is -2.27. The summed E-state index contributed by atoms with van der Waals surface area (Å²) < 4.78 is 43.1. The standard InChI is InChI=1S/C17H17F3N6O2/c18-17(19,20)28-11-3-4-14-12(8-11)13-9-25(7-5-15(13)22-14)16(27)2-1-6-26-10-21-23-24-26/h3-4,8,10,22H,1-2,5-7,9H2. The monoisotopic (exact) mass is 394 g/mol. The zero-order valence-corrected chi connectivity index (χ0v) is 14.7. The minimum absolute atomic E-state index is 0.00392. The molecule has 0 saturated carbocycles. The van der Waals surface area contributed by atoms with Crippen molar-refractivity contribution in [3.63, 3.8) is 0 Å². The van der Waals surface area contributed by atoms with E-state index in [-0.39, 0.29) is 11.7 Å². The van der Waals surface area contributed by atoms with E-state index in [0.29, 0.717) is 44.3 Å². The molecular weight excluding hydrogens is 377 g/mol. The second-order valence-corrected chi connectivity index (χ2v) is 6.58. The summed E-state index contributed by atoms with van der Waals surface area (Å²) in [4.78, 5) is 17.5. The van der Waals surface area contributed by atoms with Crippen molar-refractivity contribution in [1.29, 1.82) is 0 Å². The summed E-state index contributed by atoms with van der Waals surface area (Å²) in [6.07, 6.45) is -1.68. The van der Waals surface area contributed by atoms with Gasteiger partial charge in [-0.25, -0.2) is 4.68 Å². The van der Waals surface area contributed by atoms with Gasteiger partial charge < -0.3 is 14.6 Å². The predicted molar refractivity (Wildman–Crippen MR) is 91.2 cm³/mol. The van der Waals surface area contributed by atoms with Crippen molar-refractivity contribution in [1.82, 2.24) is 30.1 Å². The van der Waals surface area contributed by atoms with Crippen LogP contribution in [0.25, 0.3) is 10.9 Å². The Hall–Kier alpha value is -3.11. The van der Waals surface area contributed by atoms with Gasteiger partial charge in [0, 0.05) is 54.6 Å². The van der Waals surface area contributed by atoms with Crippen LogP contribution in [0.5, 0.6) is 5.75 Å².